The molecular weight excluding hydrogens is 395 g/mol. The minimum Gasteiger partial charge on any atom is -0.380 e. The number of hydrogen-bond donors (Lipinski definition) is 1. The molecule has 0 amide bonds. The van der Waals surface area contributed by atoms with Crippen molar-refractivity contribution in [2.45, 2.75) is 6.54 Å². The smallest absolute Gasteiger partial charge is 0.274 e. The summed E-state index contributed by atoms with van der Waals surface area (Å²) in [6, 6.07) is 8.94. The summed E-state index contributed by atoms with van der Waals surface area (Å²) in [5.41, 5.74) is 0.949. The molecule has 2 aromatic carbocycles. The standard InChI is InChI=1S/C13H9Br2FN2O2/c14-9-1-3-11(15)12(6-9)17-7-8-5-10(16)2-4-13(8)18(19)20/h1-6,17H,7H2. The van der Waals surface area contributed by atoms with Crippen molar-refractivity contribution in [2.24, 2.45) is 0 Å². The zero-order valence-corrected chi connectivity index (χ0v) is 13.2. The molecule has 0 spiro atoms. The predicted octanol–water partition coefficient (Wildman–Crippen LogP) is 4.87. The molecule has 2 rings (SSSR count). The number of nitro benzene ring substituents is 1. The van der Waals surface area contributed by atoms with Gasteiger partial charge in [-0.05, 0) is 46.3 Å². The van der Waals surface area contributed by atoms with Crippen LogP contribution in [0.5, 0.6) is 0 Å². The summed E-state index contributed by atoms with van der Waals surface area (Å²) < 4.78 is 14.9. The maximum Gasteiger partial charge on any atom is 0.274 e. The summed E-state index contributed by atoms with van der Waals surface area (Å²) in [4.78, 5) is 10.4. The maximum atomic E-state index is 13.2. The molecule has 0 aliphatic rings. The highest BCUT2D eigenvalue weighted by Crippen LogP contribution is 2.28. The lowest BCUT2D eigenvalue weighted by atomic mass is 10.1. The molecule has 0 unspecified atom stereocenters. The molecule has 7 heteroatoms. The molecule has 0 saturated carbocycles. The van der Waals surface area contributed by atoms with Crippen LogP contribution in [0.3, 0.4) is 0 Å². The summed E-state index contributed by atoms with van der Waals surface area (Å²) in [5.74, 6) is -0.499. The highest BCUT2D eigenvalue weighted by Gasteiger charge is 2.14. The highest BCUT2D eigenvalue weighted by molar-refractivity contribution is 9.11. The Kier molecular flexibility index (Phi) is 4.72. The lowest BCUT2D eigenvalue weighted by Crippen LogP contribution is -2.04. The average molecular weight is 404 g/mol. The van der Waals surface area contributed by atoms with Gasteiger partial charge in [-0.3, -0.25) is 10.1 Å². The maximum absolute atomic E-state index is 13.2. The molecule has 0 radical (unpaired) electrons. The molecule has 0 bridgehead atoms. The van der Waals surface area contributed by atoms with E-state index in [4.69, 9.17) is 0 Å². The Bertz CT molecular complexity index is 665. The first-order chi connectivity index (χ1) is 9.47. The first-order valence-corrected chi connectivity index (χ1v) is 7.17. The van der Waals surface area contributed by atoms with Gasteiger partial charge < -0.3 is 5.32 Å². The van der Waals surface area contributed by atoms with E-state index in [1.54, 1.807) is 0 Å². The molecule has 0 fully saturated rings. The van der Waals surface area contributed by atoms with E-state index >= 15 is 0 Å². The summed E-state index contributed by atoms with van der Waals surface area (Å²) in [5, 5.41) is 13.9. The average Bonchev–Trinajstić information content (AvgIpc) is 2.39. The summed E-state index contributed by atoms with van der Waals surface area (Å²) >= 11 is 6.72. The van der Waals surface area contributed by atoms with E-state index < -0.39 is 10.7 Å². The normalized spacial score (nSPS) is 10.3. The van der Waals surface area contributed by atoms with Crippen molar-refractivity contribution >= 4 is 43.2 Å². The fourth-order valence-corrected chi connectivity index (χ4v) is 2.45. The predicted molar refractivity (Wildman–Crippen MR) is 82.2 cm³/mol. The van der Waals surface area contributed by atoms with Crippen LogP contribution in [0.4, 0.5) is 15.8 Å². The van der Waals surface area contributed by atoms with E-state index in [0.29, 0.717) is 5.56 Å². The molecule has 0 saturated heterocycles. The number of anilines is 1. The number of rotatable bonds is 4. The molecule has 0 aliphatic carbocycles. The van der Waals surface area contributed by atoms with Crippen molar-refractivity contribution in [3.05, 3.63) is 66.8 Å². The van der Waals surface area contributed by atoms with Gasteiger partial charge in [0.25, 0.3) is 5.69 Å². The van der Waals surface area contributed by atoms with Gasteiger partial charge in [-0.15, -0.1) is 0 Å². The van der Waals surface area contributed by atoms with Crippen LogP contribution in [0.2, 0.25) is 0 Å². The van der Waals surface area contributed by atoms with Gasteiger partial charge in [0, 0.05) is 27.2 Å². The Morgan fingerprint density at radius 1 is 1.20 bits per heavy atom. The van der Waals surface area contributed by atoms with Crippen LogP contribution in [-0.4, -0.2) is 4.92 Å². The quantitative estimate of drug-likeness (QED) is 0.585. The lowest BCUT2D eigenvalue weighted by molar-refractivity contribution is -0.385. The molecule has 0 heterocycles. The molecule has 4 nitrogen and oxygen atoms in total. The van der Waals surface area contributed by atoms with Gasteiger partial charge in [0.15, 0.2) is 0 Å². The Hall–Kier alpha value is -1.47. The first kappa shape index (κ1) is 14.9. The van der Waals surface area contributed by atoms with E-state index in [0.717, 1.165) is 26.8 Å². The molecule has 2 aromatic rings. The van der Waals surface area contributed by atoms with Crippen LogP contribution in [0.25, 0.3) is 0 Å². The largest absolute Gasteiger partial charge is 0.380 e. The van der Waals surface area contributed by atoms with Crippen LogP contribution < -0.4 is 5.32 Å². The second-order valence-electron chi connectivity index (χ2n) is 4.01. The minimum atomic E-state index is -0.521. The SMILES string of the molecule is O=[N+]([O-])c1ccc(F)cc1CNc1cc(Br)ccc1Br. The summed E-state index contributed by atoms with van der Waals surface area (Å²) in [6.07, 6.45) is 0. The third kappa shape index (κ3) is 3.55. The van der Waals surface area contributed by atoms with Crippen molar-refractivity contribution < 1.29 is 9.31 Å². The number of halogens is 3. The van der Waals surface area contributed by atoms with Gasteiger partial charge in [-0.25, -0.2) is 4.39 Å². The molecule has 0 aliphatic heterocycles. The van der Waals surface area contributed by atoms with Crippen molar-refractivity contribution in [3.63, 3.8) is 0 Å². The fraction of sp³-hybridized carbons (Fsp3) is 0.0769. The van der Waals surface area contributed by atoms with Gasteiger partial charge in [-0.1, -0.05) is 15.9 Å². The van der Waals surface area contributed by atoms with Gasteiger partial charge in [-0.2, -0.15) is 0 Å². The second-order valence-corrected chi connectivity index (χ2v) is 5.78. The molecular formula is C13H9Br2FN2O2. The van der Waals surface area contributed by atoms with Crippen LogP contribution >= 0.6 is 31.9 Å². The minimum absolute atomic E-state index is 0.106. The number of nitro groups is 1. The summed E-state index contributed by atoms with van der Waals surface area (Å²) in [7, 11) is 0. The molecule has 0 aromatic heterocycles. The van der Waals surface area contributed by atoms with E-state index in [2.05, 4.69) is 37.2 Å². The van der Waals surface area contributed by atoms with Gasteiger partial charge in [0.1, 0.15) is 5.82 Å². The Balaban J connectivity index is 2.24. The van der Waals surface area contributed by atoms with E-state index in [1.165, 1.54) is 6.07 Å². The van der Waals surface area contributed by atoms with E-state index in [9.17, 15) is 14.5 Å². The first-order valence-electron chi connectivity index (χ1n) is 5.59. The van der Waals surface area contributed by atoms with Crippen LogP contribution in [0.1, 0.15) is 5.56 Å². The fourth-order valence-electron chi connectivity index (χ4n) is 1.70. The highest BCUT2D eigenvalue weighted by atomic mass is 79.9. The topological polar surface area (TPSA) is 55.2 Å². The van der Waals surface area contributed by atoms with Crippen molar-refractivity contribution in [1.29, 1.82) is 0 Å². The zero-order chi connectivity index (χ0) is 14.7. The summed E-state index contributed by atoms with van der Waals surface area (Å²) in [6.45, 7) is 0.156. The zero-order valence-electron chi connectivity index (χ0n) is 10.1. The number of hydrogen-bond acceptors (Lipinski definition) is 3. The molecule has 0 atom stereocenters. The molecule has 20 heavy (non-hydrogen) atoms. The van der Waals surface area contributed by atoms with Gasteiger partial charge >= 0.3 is 0 Å². The van der Waals surface area contributed by atoms with Crippen LogP contribution in [-0.2, 0) is 6.54 Å². The van der Waals surface area contributed by atoms with Crippen LogP contribution in [0, 0.1) is 15.9 Å². The monoisotopic (exact) mass is 402 g/mol. The number of benzene rings is 2. The Morgan fingerprint density at radius 3 is 2.65 bits per heavy atom. The van der Waals surface area contributed by atoms with Crippen LogP contribution in [0.15, 0.2) is 45.3 Å². The number of nitrogens with zero attached hydrogens (tertiary/aromatic N) is 1. The second kappa shape index (κ2) is 6.32. The Morgan fingerprint density at radius 2 is 1.95 bits per heavy atom. The third-order valence-electron chi connectivity index (χ3n) is 2.64. The van der Waals surface area contributed by atoms with E-state index in [-0.39, 0.29) is 12.2 Å². The molecule has 104 valence electrons. The molecule has 1 N–H and O–H groups in total. The van der Waals surface area contributed by atoms with Crippen molar-refractivity contribution in [3.8, 4) is 0 Å². The number of nitrogens with one attached hydrogen (secondary N) is 1. The van der Waals surface area contributed by atoms with Gasteiger partial charge in [0.05, 0.1) is 10.5 Å². The van der Waals surface area contributed by atoms with E-state index in [1.807, 2.05) is 18.2 Å². The van der Waals surface area contributed by atoms with Gasteiger partial charge in [0.2, 0.25) is 0 Å². The Labute approximate surface area is 131 Å². The third-order valence-corrected chi connectivity index (χ3v) is 3.82. The lowest BCUT2D eigenvalue weighted by Gasteiger charge is -2.09. The van der Waals surface area contributed by atoms with Crippen molar-refractivity contribution in [2.75, 3.05) is 5.32 Å². The van der Waals surface area contributed by atoms with Crippen molar-refractivity contribution in [1.82, 2.24) is 0 Å².